The van der Waals surface area contributed by atoms with Crippen molar-refractivity contribution < 1.29 is 51.5 Å². The molecule has 8 rings (SSSR count). The summed E-state index contributed by atoms with van der Waals surface area (Å²) < 4.78 is 74.7. The van der Waals surface area contributed by atoms with Crippen LogP contribution in [0.1, 0.15) is 26.1 Å². The van der Waals surface area contributed by atoms with Crippen molar-refractivity contribution in [1.82, 2.24) is 19.1 Å². The summed E-state index contributed by atoms with van der Waals surface area (Å²) in [5, 5.41) is 5.88. The Bertz CT molecular complexity index is 2800. The predicted octanol–water partition coefficient (Wildman–Crippen LogP) is 9.69. The number of halogens is 1. The van der Waals surface area contributed by atoms with E-state index in [-0.39, 0.29) is 35.7 Å². The fourth-order valence-corrected chi connectivity index (χ4v) is 16.2. The van der Waals surface area contributed by atoms with Crippen molar-refractivity contribution in [2.75, 3.05) is 36.6 Å². The van der Waals surface area contributed by atoms with Gasteiger partial charge in [-0.15, -0.1) is 6.58 Å². The number of ether oxygens (including phenoxy) is 5. The molecule has 18 nitrogen and oxygen atoms in total. The smallest absolute Gasteiger partial charge is 0.391 e. The van der Waals surface area contributed by atoms with Crippen molar-refractivity contribution in [3.8, 4) is 0 Å². The first-order chi connectivity index (χ1) is 33.3. The lowest BCUT2D eigenvalue weighted by Crippen LogP contribution is -2.40. The fraction of sp³-hybridized carbons (Fsp3) is 0.283. The Balaban J connectivity index is 1.06. The Morgan fingerprint density at radius 2 is 1.33 bits per heavy atom. The van der Waals surface area contributed by atoms with E-state index >= 15 is 0 Å². The summed E-state index contributed by atoms with van der Waals surface area (Å²) in [6.07, 6.45) is -3.80. The molecule has 4 heterocycles. The van der Waals surface area contributed by atoms with Crippen molar-refractivity contribution >= 4 is 86.6 Å². The van der Waals surface area contributed by atoms with Crippen LogP contribution in [0.3, 0.4) is 0 Å². The molecule has 2 aromatic heterocycles. The van der Waals surface area contributed by atoms with E-state index in [9.17, 15) is 23.5 Å². The van der Waals surface area contributed by atoms with Gasteiger partial charge in [-0.25, -0.2) is 14.5 Å². The number of hydrogen-bond donors (Lipinski definition) is 2. The average molecular weight is 1080 g/mol. The summed E-state index contributed by atoms with van der Waals surface area (Å²) in [5.41, 5.74) is 0.317. The summed E-state index contributed by atoms with van der Waals surface area (Å²) >= 11 is 5.72. The highest BCUT2D eigenvalue weighted by Gasteiger charge is 2.52. The summed E-state index contributed by atoms with van der Waals surface area (Å²) in [5.74, 6) is -4.96. The summed E-state index contributed by atoms with van der Waals surface area (Å²) in [4.78, 5) is 50.6. The number of nitrogens with one attached hydrogen (secondary N) is 2. The molecule has 0 aliphatic carbocycles. The zero-order valence-corrected chi connectivity index (χ0v) is 42.1. The van der Waals surface area contributed by atoms with Crippen molar-refractivity contribution in [2.24, 2.45) is 0 Å². The topological polar surface area (TPSA) is 210 Å². The first kappa shape index (κ1) is 50.3. The number of benzene rings is 4. The van der Waals surface area contributed by atoms with Gasteiger partial charge < -0.3 is 28.2 Å². The highest BCUT2D eigenvalue weighted by atomic mass is 79.9. The summed E-state index contributed by atoms with van der Waals surface area (Å²) in [6, 6.07) is 35.4. The lowest BCUT2D eigenvalue weighted by atomic mass is 10.1. The van der Waals surface area contributed by atoms with Crippen LogP contribution in [-0.4, -0.2) is 88.0 Å². The van der Waals surface area contributed by atoms with E-state index in [1.54, 1.807) is 66.7 Å². The Hall–Kier alpha value is -5.05. The second-order valence-electron chi connectivity index (χ2n) is 15.5. The average Bonchev–Trinajstić information content (AvgIpc) is 4.00. The van der Waals surface area contributed by atoms with E-state index < -0.39 is 80.3 Å². The normalized spacial score (nSPS) is 21.5. The van der Waals surface area contributed by atoms with Crippen LogP contribution >= 0.6 is 52.1 Å². The number of rotatable bonds is 21. The van der Waals surface area contributed by atoms with Crippen LogP contribution in [0.5, 0.6) is 0 Å². The lowest BCUT2D eigenvalue weighted by molar-refractivity contribution is -0.165. The number of para-hydroxylation sites is 2. The molecule has 2 saturated heterocycles. The minimum atomic E-state index is -4.00. The van der Waals surface area contributed by atoms with Gasteiger partial charge in [0.2, 0.25) is 0 Å². The molecule has 7 atom stereocenters. The van der Waals surface area contributed by atoms with Crippen LogP contribution < -0.4 is 15.7 Å². The van der Waals surface area contributed by atoms with Crippen LogP contribution in [0.2, 0.25) is 0 Å². The van der Waals surface area contributed by atoms with E-state index in [0.29, 0.717) is 11.4 Å². The van der Waals surface area contributed by atoms with Crippen LogP contribution in [0.15, 0.2) is 160 Å². The van der Waals surface area contributed by atoms with E-state index in [1.807, 2.05) is 60.7 Å². The van der Waals surface area contributed by atoms with Crippen LogP contribution in [-0.2, 0) is 51.5 Å². The first-order valence-electron chi connectivity index (χ1n) is 21.5. The van der Waals surface area contributed by atoms with Gasteiger partial charge in [0.1, 0.15) is 24.6 Å². The second-order valence-corrected chi connectivity index (χ2v) is 25.1. The maximum absolute atomic E-state index is 14.5. The number of carbonyl (C=O) groups is 2. The molecule has 23 heteroatoms. The molecule has 0 spiro atoms. The number of imidazole rings is 1. The molecular formula is C46H47BrN6O12P2S2. The van der Waals surface area contributed by atoms with Gasteiger partial charge in [0.15, 0.2) is 34.3 Å². The largest absolute Gasteiger partial charge is 0.456 e. The molecule has 0 amide bonds. The molecule has 0 saturated carbocycles. The van der Waals surface area contributed by atoms with E-state index in [0.717, 1.165) is 32.6 Å². The third-order valence-electron chi connectivity index (χ3n) is 10.6. The number of esters is 2. The molecule has 4 aromatic carbocycles. The molecule has 0 radical (unpaired) electrons. The SMILES string of the molecule is C=CCO[C@@H]1[C@H](n2cnc3c(nc(Br)n3[C@@H]3O[C@H](COP(=O)(Nc4ccccc4)Nc4ccccc4)[C@@H](OC(C)=O)[C@H]3OC(C)=O)c2=O)CO[C@@H]1COP(=O)(Sc1ccccc1)Sc1ccccc1. The van der Waals surface area contributed by atoms with Gasteiger partial charge in [-0.05, 0) is 87.2 Å². The highest BCUT2D eigenvalue weighted by molar-refractivity contribution is 9.10. The van der Waals surface area contributed by atoms with Crippen LogP contribution in [0, 0.1) is 0 Å². The van der Waals surface area contributed by atoms with E-state index in [4.69, 9.17) is 32.7 Å². The van der Waals surface area contributed by atoms with Gasteiger partial charge in [0.05, 0.1) is 32.5 Å². The Kier molecular flexibility index (Phi) is 16.6. The van der Waals surface area contributed by atoms with Gasteiger partial charge in [-0.2, -0.15) is 0 Å². The van der Waals surface area contributed by atoms with Gasteiger partial charge in [0.25, 0.3) is 5.56 Å². The second kappa shape index (κ2) is 22.8. The Morgan fingerprint density at radius 3 is 1.88 bits per heavy atom. The summed E-state index contributed by atoms with van der Waals surface area (Å²) in [7, 11) is -4.00. The van der Waals surface area contributed by atoms with Gasteiger partial charge in [-0.3, -0.25) is 42.8 Å². The first-order valence-corrected chi connectivity index (χ1v) is 28.3. The summed E-state index contributed by atoms with van der Waals surface area (Å²) in [6.45, 7) is 5.68. The zero-order valence-electron chi connectivity index (χ0n) is 37.1. The van der Waals surface area contributed by atoms with Crippen molar-refractivity contribution in [3.05, 3.63) is 155 Å². The van der Waals surface area contributed by atoms with Gasteiger partial charge in [0, 0.05) is 35.0 Å². The minimum absolute atomic E-state index is 0.000881. The standard InChI is InChI=1S/C46H47BrN6O12P2S2/c1-4-25-59-40-36(26-60-37(40)27-62-67(58,68-34-21-13-7-14-22-34)69-35-23-15-8-16-24-35)52-29-48-43-39(44(52)56)49-46(47)53(43)45-42(64-31(3)55)41(63-30(2)54)38(65-45)28-61-66(57,50-32-17-9-5-10-18-32)51-33-19-11-6-12-20-33/h4-24,29,36-38,40-42,45H,1,25-28H2,2-3H3,(H2,50,51,57)/t36-,37-,38-,40-,41-,42-,45-/m1/s1. The Morgan fingerprint density at radius 1 is 0.797 bits per heavy atom. The van der Waals surface area contributed by atoms with Crippen molar-refractivity contribution in [1.29, 1.82) is 0 Å². The number of fused-ring (bicyclic) bond motifs is 1. The van der Waals surface area contributed by atoms with Gasteiger partial charge in [-0.1, -0.05) is 78.9 Å². The molecule has 2 N–H and O–H groups in total. The van der Waals surface area contributed by atoms with Gasteiger partial charge >= 0.3 is 25.4 Å². The maximum Gasteiger partial charge on any atom is 0.391 e. The quantitative estimate of drug-likeness (QED) is 0.0297. The fourth-order valence-electron chi connectivity index (χ4n) is 7.65. The molecule has 2 aliphatic heterocycles. The Labute approximate surface area is 413 Å². The third-order valence-corrected chi connectivity index (χ3v) is 19.2. The molecule has 2 aliphatic rings. The zero-order chi connectivity index (χ0) is 48.5. The van der Waals surface area contributed by atoms with E-state index in [1.165, 1.54) is 29.3 Å². The maximum atomic E-state index is 14.5. The monoisotopic (exact) mass is 1080 g/mol. The molecule has 69 heavy (non-hydrogen) atoms. The van der Waals surface area contributed by atoms with E-state index in [2.05, 4.69) is 42.7 Å². The van der Waals surface area contributed by atoms with Crippen LogP contribution in [0.4, 0.5) is 11.4 Å². The molecule has 6 aromatic rings. The van der Waals surface area contributed by atoms with Crippen LogP contribution in [0.25, 0.3) is 11.2 Å². The molecule has 0 bridgehead atoms. The third kappa shape index (κ3) is 12.5. The lowest BCUT2D eigenvalue weighted by Gasteiger charge is -2.26. The molecule has 362 valence electrons. The highest BCUT2D eigenvalue weighted by Crippen LogP contribution is 2.74. The molecule has 0 unspecified atom stereocenters. The molecular weight excluding hydrogens is 1030 g/mol. The number of anilines is 2. The number of hydrogen-bond acceptors (Lipinski definition) is 16. The van der Waals surface area contributed by atoms with Crippen molar-refractivity contribution in [3.63, 3.8) is 0 Å². The van der Waals surface area contributed by atoms with Crippen molar-refractivity contribution in [2.45, 2.75) is 66.4 Å². The predicted molar refractivity (Wildman–Crippen MR) is 265 cm³/mol. The minimum Gasteiger partial charge on any atom is -0.456 e. The number of nitrogens with zero attached hydrogens (tertiary/aromatic N) is 4. The number of aromatic nitrogens is 4. The number of carbonyl (C=O) groups excluding carboxylic acids is 2. The molecule has 2 fully saturated rings.